The van der Waals surface area contributed by atoms with Crippen molar-refractivity contribution in [2.24, 2.45) is 0 Å². The summed E-state index contributed by atoms with van der Waals surface area (Å²) in [6, 6.07) is 19.1. The van der Waals surface area contributed by atoms with Gasteiger partial charge in [0.25, 0.3) is 11.7 Å². The number of hydrogen-bond donors (Lipinski definition) is 1. The zero-order valence-corrected chi connectivity index (χ0v) is 22.3. The summed E-state index contributed by atoms with van der Waals surface area (Å²) in [4.78, 5) is 28.2. The molecule has 0 saturated carbocycles. The molecule has 37 heavy (non-hydrogen) atoms. The highest BCUT2D eigenvalue weighted by atomic mass is 35.5. The number of hydrogen-bond acceptors (Lipinski definition) is 5. The molecule has 192 valence electrons. The number of likely N-dealkylation sites (tertiary alicyclic amines) is 1. The first-order chi connectivity index (χ1) is 17.5. The average Bonchev–Trinajstić information content (AvgIpc) is 3.12. The minimum atomic E-state index is -0.791. The van der Waals surface area contributed by atoms with Crippen molar-refractivity contribution in [2.75, 3.05) is 14.2 Å². The van der Waals surface area contributed by atoms with E-state index in [0.717, 1.165) is 16.7 Å². The van der Waals surface area contributed by atoms with Gasteiger partial charge in [-0.05, 0) is 52.4 Å². The van der Waals surface area contributed by atoms with Crippen molar-refractivity contribution in [1.82, 2.24) is 4.90 Å². The average molecular weight is 520 g/mol. The largest absolute Gasteiger partial charge is 0.507 e. The van der Waals surface area contributed by atoms with E-state index in [4.69, 9.17) is 21.1 Å². The number of aliphatic hydroxyl groups excluding tert-OH is 1. The molecule has 1 fully saturated rings. The first kappa shape index (κ1) is 26.3. The lowest BCUT2D eigenvalue weighted by atomic mass is 9.85. The predicted octanol–water partition coefficient (Wildman–Crippen LogP) is 6.28. The van der Waals surface area contributed by atoms with Crippen LogP contribution in [0.25, 0.3) is 5.76 Å². The fourth-order valence-corrected chi connectivity index (χ4v) is 4.75. The maximum atomic E-state index is 13.4. The van der Waals surface area contributed by atoms with Gasteiger partial charge in [-0.3, -0.25) is 9.59 Å². The highest BCUT2D eigenvalue weighted by Gasteiger charge is 2.46. The highest BCUT2D eigenvalue weighted by molar-refractivity contribution is 6.46. The van der Waals surface area contributed by atoms with Crippen LogP contribution in [0.2, 0.25) is 5.02 Å². The minimum absolute atomic E-state index is 0.0117. The van der Waals surface area contributed by atoms with Gasteiger partial charge in [0.1, 0.15) is 17.3 Å². The van der Waals surface area contributed by atoms with Crippen molar-refractivity contribution in [3.05, 3.63) is 99.6 Å². The number of Topliss-reactive ketones (excluding diaryl/α,β-unsaturated/α-hetero) is 1. The van der Waals surface area contributed by atoms with E-state index < -0.39 is 17.7 Å². The zero-order valence-electron chi connectivity index (χ0n) is 21.5. The molecule has 1 aliphatic rings. The lowest BCUT2D eigenvalue weighted by molar-refractivity contribution is -0.140. The quantitative estimate of drug-likeness (QED) is 0.236. The van der Waals surface area contributed by atoms with Crippen LogP contribution in [0.5, 0.6) is 11.5 Å². The lowest BCUT2D eigenvalue weighted by Gasteiger charge is -2.27. The highest BCUT2D eigenvalue weighted by Crippen LogP contribution is 2.41. The molecular formula is C30H30ClNO5. The third-order valence-electron chi connectivity index (χ3n) is 6.54. The second kappa shape index (κ2) is 10.3. The van der Waals surface area contributed by atoms with Crippen LogP contribution < -0.4 is 9.47 Å². The smallest absolute Gasteiger partial charge is 0.295 e. The van der Waals surface area contributed by atoms with Gasteiger partial charge in [-0.1, -0.05) is 68.8 Å². The van der Waals surface area contributed by atoms with Crippen molar-refractivity contribution in [2.45, 2.75) is 38.8 Å². The molecular weight excluding hydrogens is 490 g/mol. The Balaban J connectivity index is 1.86. The summed E-state index contributed by atoms with van der Waals surface area (Å²) in [6.07, 6.45) is 0. The van der Waals surface area contributed by atoms with E-state index in [2.05, 4.69) is 20.8 Å². The number of ketones is 1. The van der Waals surface area contributed by atoms with Gasteiger partial charge in [-0.15, -0.1) is 0 Å². The van der Waals surface area contributed by atoms with Gasteiger partial charge in [-0.25, -0.2) is 0 Å². The first-order valence-electron chi connectivity index (χ1n) is 11.9. The molecule has 1 aliphatic heterocycles. The summed E-state index contributed by atoms with van der Waals surface area (Å²) in [5.41, 5.74) is 2.89. The molecule has 1 heterocycles. The van der Waals surface area contributed by atoms with Gasteiger partial charge in [0.05, 0.1) is 30.9 Å². The van der Waals surface area contributed by atoms with Gasteiger partial charge >= 0.3 is 0 Å². The number of rotatable bonds is 6. The topological polar surface area (TPSA) is 76.1 Å². The Kier molecular flexibility index (Phi) is 7.32. The fourth-order valence-electron chi connectivity index (χ4n) is 4.49. The first-order valence-corrected chi connectivity index (χ1v) is 12.3. The number of aliphatic hydroxyl groups is 1. The number of carbonyl (C=O) groups excluding carboxylic acids is 2. The summed E-state index contributed by atoms with van der Waals surface area (Å²) < 4.78 is 10.5. The third kappa shape index (κ3) is 5.20. The number of ether oxygens (including phenoxy) is 2. The van der Waals surface area contributed by atoms with Crippen LogP contribution >= 0.6 is 11.6 Å². The van der Waals surface area contributed by atoms with E-state index >= 15 is 0 Å². The van der Waals surface area contributed by atoms with E-state index in [-0.39, 0.29) is 28.3 Å². The predicted molar refractivity (Wildman–Crippen MR) is 144 cm³/mol. The standard InChI is InChI=1S/C30H30ClNO5/c1-30(2,3)21-12-9-19(10-13-21)26-25(27(33)20-11-14-24(37-5)23(31)16-20)28(34)29(35)32(26)17-18-7-6-8-22(15-18)36-4/h6-16,26,33H,17H2,1-5H3/b27-25-. The van der Waals surface area contributed by atoms with Crippen molar-refractivity contribution < 1.29 is 24.2 Å². The van der Waals surface area contributed by atoms with Crippen molar-refractivity contribution in [1.29, 1.82) is 0 Å². The Labute approximate surface area is 222 Å². The van der Waals surface area contributed by atoms with Gasteiger partial charge in [0, 0.05) is 12.1 Å². The van der Waals surface area contributed by atoms with Crippen LogP contribution in [0.4, 0.5) is 0 Å². The van der Waals surface area contributed by atoms with E-state index in [0.29, 0.717) is 17.1 Å². The fraction of sp³-hybridized carbons (Fsp3) is 0.267. The Hall–Kier alpha value is -3.77. The van der Waals surface area contributed by atoms with Crippen LogP contribution in [0.3, 0.4) is 0 Å². The maximum Gasteiger partial charge on any atom is 0.295 e. The molecule has 7 heteroatoms. The minimum Gasteiger partial charge on any atom is -0.507 e. The summed E-state index contributed by atoms with van der Waals surface area (Å²) >= 11 is 6.29. The van der Waals surface area contributed by atoms with E-state index in [1.165, 1.54) is 18.1 Å². The molecule has 3 aromatic rings. The zero-order chi connectivity index (χ0) is 26.9. The molecule has 6 nitrogen and oxygen atoms in total. The molecule has 0 aliphatic carbocycles. The summed E-state index contributed by atoms with van der Waals surface area (Å²) in [7, 11) is 3.06. The molecule has 0 aromatic heterocycles. The second-order valence-corrected chi connectivity index (χ2v) is 10.4. The summed E-state index contributed by atoms with van der Waals surface area (Å²) in [5.74, 6) is -0.647. The molecule has 0 spiro atoms. The van der Waals surface area contributed by atoms with Gasteiger partial charge in [0.2, 0.25) is 0 Å². The Morgan fingerprint density at radius 2 is 1.68 bits per heavy atom. The molecule has 4 rings (SSSR count). The van der Waals surface area contributed by atoms with Crippen LogP contribution in [-0.4, -0.2) is 35.9 Å². The van der Waals surface area contributed by atoms with Crippen LogP contribution in [0.15, 0.2) is 72.3 Å². The monoisotopic (exact) mass is 519 g/mol. The third-order valence-corrected chi connectivity index (χ3v) is 6.84. The molecule has 1 saturated heterocycles. The van der Waals surface area contributed by atoms with Crippen molar-refractivity contribution in [3.63, 3.8) is 0 Å². The Bertz CT molecular complexity index is 1370. The van der Waals surface area contributed by atoms with E-state index in [1.54, 1.807) is 19.2 Å². The van der Waals surface area contributed by atoms with Crippen LogP contribution in [-0.2, 0) is 21.5 Å². The van der Waals surface area contributed by atoms with Crippen LogP contribution in [0.1, 0.15) is 49.1 Å². The van der Waals surface area contributed by atoms with Crippen molar-refractivity contribution in [3.8, 4) is 11.5 Å². The molecule has 0 bridgehead atoms. The number of carbonyl (C=O) groups is 2. The number of nitrogens with zero attached hydrogens (tertiary/aromatic N) is 1. The van der Waals surface area contributed by atoms with Gasteiger partial charge < -0.3 is 19.5 Å². The molecule has 1 atom stereocenters. The number of methoxy groups -OCH3 is 2. The second-order valence-electron chi connectivity index (χ2n) is 10.00. The SMILES string of the molecule is COc1cccc(CN2C(=O)C(=O)/C(=C(\O)c3ccc(OC)c(Cl)c3)C2c2ccc(C(C)(C)C)cc2)c1. The van der Waals surface area contributed by atoms with E-state index in [1.807, 2.05) is 48.5 Å². The van der Waals surface area contributed by atoms with Gasteiger partial charge in [0.15, 0.2) is 0 Å². The summed E-state index contributed by atoms with van der Waals surface area (Å²) in [5, 5.41) is 11.6. The van der Waals surface area contributed by atoms with Crippen LogP contribution in [0, 0.1) is 0 Å². The maximum absolute atomic E-state index is 13.4. The molecule has 1 unspecified atom stereocenters. The van der Waals surface area contributed by atoms with Gasteiger partial charge in [-0.2, -0.15) is 0 Å². The Morgan fingerprint density at radius 1 is 0.973 bits per heavy atom. The number of halogens is 1. The Morgan fingerprint density at radius 3 is 2.27 bits per heavy atom. The van der Waals surface area contributed by atoms with E-state index in [9.17, 15) is 14.7 Å². The molecule has 1 N–H and O–H groups in total. The summed E-state index contributed by atoms with van der Waals surface area (Å²) in [6.45, 7) is 6.51. The molecule has 1 amide bonds. The molecule has 0 radical (unpaired) electrons. The van der Waals surface area contributed by atoms with Crippen molar-refractivity contribution >= 4 is 29.1 Å². The number of benzene rings is 3. The number of amides is 1. The lowest BCUT2D eigenvalue weighted by Crippen LogP contribution is -2.29. The normalized spacial score (nSPS) is 17.2. The molecule has 3 aromatic carbocycles.